The van der Waals surface area contributed by atoms with Gasteiger partial charge in [0.05, 0.1) is 36.0 Å². The number of aromatic nitrogens is 4. The number of aliphatic hydroxyl groups is 1. The maximum Gasteiger partial charge on any atom is 0.255 e. The zero-order valence-electron chi connectivity index (χ0n) is 18.4. The highest BCUT2D eigenvalue weighted by atomic mass is 19.1. The molecule has 0 bridgehead atoms. The molecule has 170 valence electrons. The van der Waals surface area contributed by atoms with Crippen LogP contribution in [0.4, 0.5) is 4.39 Å². The number of benzene rings is 1. The molecule has 0 spiro atoms. The summed E-state index contributed by atoms with van der Waals surface area (Å²) in [5.74, 6) is -0.589. The van der Waals surface area contributed by atoms with Crippen molar-refractivity contribution in [3.63, 3.8) is 0 Å². The summed E-state index contributed by atoms with van der Waals surface area (Å²) in [5, 5.41) is 17.3. The van der Waals surface area contributed by atoms with Gasteiger partial charge in [-0.1, -0.05) is 25.0 Å². The third-order valence-electron chi connectivity index (χ3n) is 6.36. The Morgan fingerprint density at radius 2 is 2.06 bits per heavy atom. The minimum Gasteiger partial charge on any atom is -0.391 e. The summed E-state index contributed by atoms with van der Waals surface area (Å²) in [5.41, 5.74) is 3.86. The van der Waals surface area contributed by atoms with Gasteiger partial charge in [-0.05, 0) is 36.6 Å². The number of hydrogen-bond donors (Lipinski definition) is 2. The van der Waals surface area contributed by atoms with Gasteiger partial charge in [0.1, 0.15) is 11.3 Å². The summed E-state index contributed by atoms with van der Waals surface area (Å²) in [7, 11) is 1.82. The van der Waals surface area contributed by atoms with Crippen LogP contribution in [0.3, 0.4) is 0 Å². The van der Waals surface area contributed by atoms with Crippen LogP contribution in [0.1, 0.15) is 41.6 Å². The van der Waals surface area contributed by atoms with E-state index >= 15 is 0 Å². The molecule has 3 aromatic heterocycles. The average molecular weight is 448 g/mol. The van der Waals surface area contributed by atoms with Gasteiger partial charge < -0.3 is 15.0 Å². The Hall–Kier alpha value is -3.52. The van der Waals surface area contributed by atoms with Gasteiger partial charge >= 0.3 is 0 Å². The summed E-state index contributed by atoms with van der Waals surface area (Å²) in [4.78, 5) is 17.5. The van der Waals surface area contributed by atoms with E-state index in [-0.39, 0.29) is 24.3 Å². The van der Waals surface area contributed by atoms with Crippen LogP contribution < -0.4 is 5.32 Å². The lowest BCUT2D eigenvalue weighted by Gasteiger charge is -2.28. The van der Waals surface area contributed by atoms with Gasteiger partial charge in [-0.3, -0.25) is 14.5 Å². The number of fused-ring (bicyclic) bond motifs is 1. The largest absolute Gasteiger partial charge is 0.391 e. The molecule has 0 saturated heterocycles. The Morgan fingerprint density at radius 1 is 1.21 bits per heavy atom. The maximum atomic E-state index is 15.0. The van der Waals surface area contributed by atoms with Crippen molar-refractivity contribution in [3.8, 4) is 11.1 Å². The van der Waals surface area contributed by atoms with Gasteiger partial charge in [0.2, 0.25) is 0 Å². The van der Waals surface area contributed by atoms with Gasteiger partial charge in [0.25, 0.3) is 5.91 Å². The van der Waals surface area contributed by atoms with Crippen LogP contribution in [0.15, 0.2) is 55.1 Å². The third kappa shape index (κ3) is 4.26. The lowest BCUT2D eigenvalue weighted by Crippen LogP contribution is -2.45. The molecule has 33 heavy (non-hydrogen) atoms. The van der Waals surface area contributed by atoms with Crippen molar-refractivity contribution in [2.45, 2.75) is 44.4 Å². The minimum absolute atomic E-state index is 0.258. The number of hydrogen-bond acceptors (Lipinski definition) is 4. The molecule has 1 saturated carbocycles. The summed E-state index contributed by atoms with van der Waals surface area (Å²) in [6.07, 6.45) is 9.78. The van der Waals surface area contributed by atoms with E-state index in [1.54, 1.807) is 35.4 Å². The summed E-state index contributed by atoms with van der Waals surface area (Å²) in [6.45, 7) is 0.265. The molecule has 1 aliphatic carbocycles. The number of nitrogens with zero attached hydrogens (tertiary/aromatic N) is 4. The van der Waals surface area contributed by atoms with Crippen molar-refractivity contribution >= 4 is 16.9 Å². The molecule has 4 aromatic rings. The fourth-order valence-electron chi connectivity index (χ4n) is 4.55. The van der Waals surface area contributed by atoms with Crippen molar-refractivity contribution in [1.82, 2.24) is 24.6 Å². The number of rotatable bonds is 5. The summed E-state index contributed by atoms with van der Waals surface area (Å²) < 4.78 is 18.5. The standard InChI is InChI=1S/C25H26FN5O2/c1-30-13-18(12-28-30)16-8-9-17(20(26)11-16)14-31-15-19(24-22(31)6-4-10-27-24)25(33)29-21-5-2-3-7-23(21)32/h4,6,8-13,15,21,23,32H,2-3,5,7,14H2,1H3,(H,29,33)/t21-,23-/m0/s1. The molecule has 1 amide bonds. The molecule has 2 atom stereocenters. The highest BCUT2D eigenvalue weighted by molar-refractivity contribution is 6.05. The molecule has 1 fully saturated rings. The molecular weight excluding hydrogens is 421 g/mol. The van der Waals surface area contributed by atoms with Crippen LogP contribution >= 0.6 is 0 Å². The molecule has 8 heteroatoms. The SMILES string of the molecule is Cn1cc(-c2ccc(Cn3cc(C(=O)N[C@H]4CCCC[C@@H]4O)c4ncccc43)c(F)c2)cn1. The molecule has 0 aliphatic heterocycles. The van der Waals surface area contributed by atoms with Crippen molar-refractivity contribution in [1.29, 1.82) is 0 Å². The van der Waals surface area contributed by atoms with Gasteiger partial charge in [0, 0.05) is 36.8 Å². The zero-order chi connectivity index (χ0) is 22.9. The van der Waals surface area contributed by atoms with Gasteiger partial charge in [-0.15, -0.1) is 0 Å². The van der Waals surface area contributed by atoms with Crippen LogP contribution in [0.5, 0.6) is 0 Å². The first-order valence-corrected chi connectivity index (χ1v) is 11.2. The molecule has 1 aromatic carbocycles. The molecule has 7 nitrogen and oxygen atoms in total. The smallest absolute Gasteiger partial charge is 0.255 e. The summed E-state index contributed by atoms with van der Waals surface area (Å²) >= 11 is 0. The Kier molecular flexibility index (Phi) is 5.68. The minimum atomic E-state index is -0.531. The Labute approximate surface area is 190 Å². The van der Waals surface area contributed by atoms with Crippen molar-refractivity contribution < 1.29 is 14.3 Å². The van der Waals surface area contributed by atoms with E-state index in [2.05, 4.69) is 15.4 Å². The van der Waals surface area contributed by atoms with Crippen LogP contribution in [-0.2, 0) is 13.6 Å². The summed E-state index contributed by atoms with van der Waals surface area (Å²) in [6, 6.07) is 8.55. The van der Waals surface area contributed by atoms with E-state index < -0.39 is 6.10 Å². The second kappa shape index (κ2) is 8.78. The number of nitrogens with one attached hydrogen (secondary N) is 1. The number of aliphatic hydroxyl groups excluding tert-OH is 1. The number of pyridine rings is 1. The molecule has 5 rings (SSSR count). The second-order valence-corrected chi connectivity index (χ2v) is 8.68. The first kappa shape index (κ1) is 21.3. The number of halogens is 1. The van der Waals surface area contributed by atoms with Crippen LogP contribution in [-0.4, -0.2) is 42.5 Å². The van der Waals surface area contributed by atoms with Crippen LogP contribution in [0, 0.1) is 5.82 Å². The molecule has 3 heterocycles. The predicted octanol–water partition coefficient (Wildman–Crippen LogP) is 3.66. The molecular formula is C25H26FN5O2. The lowest BCUT2D eigenvalue weighted by atomic mass is 9.92. The van der Waals surface area contributed by atoms with Gasteiger partial charge in [-0.2, -0.15) is 5.10 Å². The van der Waals surface area contributed by atoms with Crippen LogP contribution in [0.2, 0.25) is 0 Å². The monoisotopic (exact) mass is 447 g/mol. The molecule has 2 N–H and O–H groups in total. The number of aryl methyl sites for hydroxylation is 1. The first-order valence-electron chi connectivity index (χ1n) is 11.2. The zero-order valence-corrected chi connectivity index (χ0v) is 18.4. The van der Waals surface area contributed by atoms with E-state index in [4.69, 9.17) is 0 Å². The van der Waals surface area contributed by atoms with E-state index in [0.29, 0.717) is 23.1 Å². The maximum absolute atomic E-state index is 15.0. The molecule has 0 radical (unpaired) electrons. The number of carbonyl (C=O) groups is 1. The van der Waals surface area contributed by atoms with Crippen molar-refractivity contribution in [3.05, 3.63) is 72.1 Å². The topological polar surface area (TPSA) is 85.0 Å². The third-order valence-corrected chi connectivity index (χ3v) is 6.36. The van der Waals surface area contributed by atoms with Crippen LogP contribution in [0.25, 0.3) is 22.2 Å². The fourth-order valence-corrected chi connectivity index (χ4v) is 4.55. The van der Waals surface area contributed by atoms with E-state index in [1.807, 2.05) is 29.9 Å². The van der Waals surface area contributed by atoms with Crippen molar-refractivity contribution in [2.24, 2.45) is 7.05 Å². The van der Waals surface area contributed by atoms with Gasteiger partial charge in [0.15, 0.2) is 0 Å². The molecule has 1 aliphatic rings. The van der Waals surface area contributed by atoms with E-state index in [1.165, 1.54) is 6.07 Å². The average Bonchev–Trinajstić information content (AvgIpc) is 3.41. The van der Waals surface area contributed by atoms with E-state index in [9.17, 15) is 14.3 Å². The predicted molar refractivity (Wildman–Crippen MR) is 123 cm³/mol. The van der Waals surface area contributed by atoms with Crippen molar-refractivity contribution in [2.75, 3.05) is 0 Å². The van der Waals surface area contributed by atoms with E-state index in [0.717, 1.165) is 35.9 Å². The highest BCUT2D eigenvalue weighted by Gasteiger charge is 2.26. The fraction of sp³-hybridized carbons (Fsp3) is 0.320. The lowest BCUT2D eigenvalue weighted by molar-refractivity contribution is 0.0718. The normalized spacial score (nSPS) is 18.5. The Balaban J connectivity index is 1.43. The number of carbonyl (C=O) groups excluding carboxylic acids is 1. The second-order valence-electron chi connectivity index (χ2n) is 8.68. The highest BCUT2D eigenvalue weighted by Crippen LogP contribution is 2.25. The quantitative estimate of drug-likeness (QED) is 0.489. The number of amides is 1. The first-order chi connectivity index (χ1) is 16.0. The van der Waals surface area contributed by atoms with Gasteiger partial charge in [-0.25, -0.2) is 4.39 Å². The Morgan fingerprint density at radius 3 is 2.82 bits per heavy atom. The molecule has 0 unspecified atom stereocenters. The Bertz CT molecular complexity index is 1310.